The molecule has 1 fully saturated rings. The summed E-state index contributed by atoms with van der Waals surface area (Å²) in [6.45, 7) is 3.66. The lowest BCUT2D eigenvalue weighted by Crippen LogP contribution is -2.48. The van der Waals surface area contributed by atoms with Crippen molar-refractivity contribution in [2.45, 2.75) is 12.8 Å². The highest BCUT2D eigenvalue weighted by Crippen LogP contribution is 2.27. The number of amides is 1. The lowest BCUT2D eigenvalue weighted by molar-refractivity contribution is -0.118. The van der Waals surface area contributed by atoms with Gasteiger partial charge in [0.2, 0.25) is 17.6 Å². The van der Waals surface area contributed by atoms with Gasteiger partial charge in [-0.1, -0.05) is 5.16 Å². The maximum atomic E-state index is 12.2. The molecule has 1 aliphatic heterocycles. The van der Waals surface area contributed by atoms with E-state index in [2.05, 4.69) is 15.5 Å². The van der Waals surface area contributed by atoms with Crippen molar-refractivity contribution in [3.05, 3.63) is 54.1 Å². The van der Waals surface area contributed by atoms with E-state index in [-0.39, 0.29) is 24.3 Å². The number of hydrogen-bond acceptors (Lipinski definition) is 8. The summed E-state index contributed by atoms with van der Waals surface area (Å²) in [5.41, 5.74) is 1.07. The Morgan fingerprint density at radius 2 is 2.03 bits per heavy atom. The van der Waals surface area contributed by atoms with Gasteiger partial charge in [-0.2, -0.15) is 4.98 Å². The van der Waals surface area contributed by atoms with E-state index in [9.17, 15) is 9.59 Å². The highest BCUT2D eigenvalue weighted by molar-refractivity contribution is 5.94. The molecule has 3 heterocycles. The van der Waals surface area contributed by atoms with Crippen molar-refractivity contribution in [2.24, 2.45) is 0 Å². The topological polar surface area (TPSA) is 111 Å². The van der Waals surface area contributed by atoms with Crippen LogP contribution in [0.5, 0.6) is 0 Å². The second kappa shape index (κ2) is 8.27. The van der Waals surface area contributed by atoms with E-state index in [4.69, 9.17) is 13.7 Å². The van der Waals surface area contributed by atoms with E-state index in [0.29, 0.717) is 48.4 Å². The molecule has 1 saturated heterocycles. The average Bonchev–Trinajstić information content (AvgIpc) is 3.36. The summed E-state index contributed by atoms with van der Waals surface area (Å²) in [5, 5.41) is 6.74. The fourth-order valence-corrected chi connectivity index (χ4v) is 3.07. The minimum Gasteiger partial charge on any atom is -0.462 e. The maximum Gasteiger partial charge on any atom is 0.338 e. The van der Waals surface area contributed by atoms with Crippen LogP contribution < -0.4 is 5.32 Å². The molecular formula is C20H20N4O5. The molecule has 0 bridgehead atoms. The molecule has 0 atom stereocenters. The lowest BCUT2D eigenvalue weighted by atomic mass is 10.0. The Balaban J connectivity index is 1.24. The molecule has 0 spiro atoms. The fraction of sp³-hybridized carbons (Fsp3) is 0.300. The Bertz CT molecular complexity index is 975. The van der Waals surface area contributed by atoms with E-state index in [1.165, 1.54) is 0 Å². The van der Waals surface area contributed by atoms with E-state index >= 15 is 0 Å². The molecule has 4 rings (SSSR count). The van der Waals surface area contributed by atoms with E-state index in [1.807, 2.05) is 4.90 Å². The second-order valence-electron chi connectivity index (χ2n) is 6.67. The molecule has 0 aliphatic carbocycles. The second-order valence-corrected chi connectivity index (χ2v) is 6.67. The molecule has 0 unspecified atom stereocenters. The monoisotopic (exact) mass is 396 g/mol. The van der Waals surface area contributed by atoms with Crippen LogP contribution >= 0.6 is 0 Å². The molecule has 150 valence electrons. The Hall–Kier alpha value is -3.46. The SMILES string of the molecule is CCOC(=O)c1ccc(NC(=O)CN2CC(c3nc(-c4ccco4)no3)C2)cc1. The zero-order valence-corrected chi connectivity index (χ0v) is 15.8. The number of ether oxygens (including phenoxy) is 1. The molecule has 3 aromatic rings. The first kappa shape index (κ1) is 18.9. The molecule has 1 amide bonds. The first-order valence-corrected chi connectivity index (χ1v) is 9.29. The number of rotatable bonds is 7. The van der Waals surface area contributed by atoms with Crippen LogP contribution in [0.15, 0.2) is 51.6 Å². The molecule has 0 radical (unpaired) electrons. The van der Waals surface area contributed by atoms with Crippen LogP contribution in [0, 0.1) is 0 Å². The van der Waals surface area contributed by atoms with Gasteiger partial charge in [-0.25, -0.2) is 4.79 Å². The van der Waals surface area contributed by atoms with Crippen LogP contribution in [-0.2, 0) is 9.53 Å². The van der Waals surface area contributed by atoms with Crippen LogP contribution in [0.4, 0.5) is 5.69 Å². The quantitative estimate of drug-likeness (QED) is 0.607. The van der Waals surface area contributed by atoms with E-state index in [0.717, 1.165) is 0 Å². The van der Waals surface area contributed by atoms with Gasteiger partial charge in [-0.3, -0.25) is 9.69 Å². The van der Waals surface area contributed by atoms with Crippen molar-refractivity contribution >= 4 is 17.6 Å². The summed E-state index contributed by atoms with van der Waals surface area (Å²) in [7, 11) is 0. The Morgan fingerprint density at radius 3 is 2.72 bits per heavy atom. The van der Waals surface area contributed by atoms with Gasteiger partial charge in [-0.15, -0.1) is 0 Å². The highest BCUT2D eigenvalue weighted by atomic mass is 16.5. The number of esters is 1. The summed E-state index contributed by atoms with van der Waals surface area (Å²) in [5.74, 6) is 1.12. The fourth-order valence-electron chi connectivity index (χ4n) is 3.07. The van der Waals surface area contributed by atoms with E-state index in [1.54, 1.807) is 49.6 Å². The number of benzene rings is 1. The number of hydrogen-bond donors (Lipinski definition) is 1. The van der Waals surface area contributed by atoms with Crippen molar-refractivity contribution in [2.75, 3.05) is 31.6 Å². The third-order valence-electron chi connectivity index (χ3n) is 4.54. The Labute approximate surface area is 166 Å². The predicted molar refractivity (Wildman–Crippen MR) is 102 cm³/mol. The van der Waals surface area contributed by atoms with Gasteiger partial charge in [-0.05, 0) is 43.3 Å². The predicted octanol–water partition coefficient (Wildman–Crippen LogP) is 2.54. The summed E-state index contributed by atoms with van der Waals surface area (Å²) in [6.07, 6.45) is 1.56. The first-order chi connectivity index (χ1) is 14.1. The molecule has 1 N–H and O–H groups in total. The van der Waals surface area contributed by atoms with Crippen molar-refractivity contribution in [1.82, 2.24) is 15.0 Å². The molecule has 29 heavy (non-hydrogen) atoms. The highest BCUT2D eigenvalue weighted by Gasteiger charge is 2.33. The number of carbonyl (C=O) groups is 2. The van der Waals surface area contributed by atoms with Gasteiger partial charge in [0.1, 0.15) is 0 Å². The van der Waals surface area contributed by atoms with Crippen molar-refractivity contribution in [3.8, 4) is 11.6 Å². The van der Waals surface area contributed by atoms with Crippen molar-refractivity contribution in [3.63, 3.8) is 0 Å². The third kappa shape index (κ3) is 4.35. The van der Waals surface area contributed by atoms with Gasteiger partial charge in [0.15, 0.2) is 5.76 Å². The van der Waals surface area contributed by atoms with Gasteiger partial charge in [0, 0.05) is 18.8 Å². The molecule has 9 nitrogen and oxygen atoms in total. The summed E-state index contributed by atoms with van der Waals surface area (Å²) in [6, 6.07) is 10.1. The zero-order chi connectivity index (χ0) is 20.2. The Morgan fingerprint density at radius 1 is 1.24 bits per heavy atom. The number of likely N-dealkylation sites (tertiary alicyclic amines) is 1. The normalized spacial score (nSPS) is 14.4. The molecular weight excluding hydrogens is 376 g/mol. The third-order valence-corrected chi connectivity index (χ3v) is 4.54. The number of carbonyl (C=O) groups excluding carboxylic acids is 2. The number of furan rings is 1. The van der Waals surface area contributed by atoms with E-state index < -0.39 is 0 Å². The Kier molecular flexibility index (Phi) is 5.39. The van der Waals surface area contributed by atoms with Crippen LogP contribution in [0.3, 0.4) is 0 Å². The average molecular weight is 396 g/mol. The van der Waals surface area contributed by atoms with Crippen LogP contribution in [0.2, 0.25) is 0 Å². The molecule has 1 aliphatic rings. The van der Waals surface area contributed by atoms with Crippen LogP contribution in [0.1, 0.15) is 29.1 Å². The number of nitrogens with one attached hydrogen (secondary N) is 1. The van der Waals surface area contributed by atoms with Crippen molar-refractivity contribution in [1.29, 1.82) is 0 Å². The summed E-state index contributed by atoms with van der Waals surface area (Å²) in [4.78, 5) is 30.2. The maximum absolute atomic E-state index is 12.2. The van der Waals surface area contributed by atoms with Gasteiger partial charge in [0.05, 0.1) is 30.9 Å². The largest absolute Gasteiger partial charge is 0.462 e. The molecule has 1 aromatic carbocycles. The van der Waals surface area contributed by atoms with Crippen molar-refractivity contribution < 1.29 is 23.3 Å². The summed E-state index contributed by atoms with van der Waals surface area (Å²) >= 11 is 0. The summed E-state index contributed by atoms with van der Waals surface area (Å²) < 4.78 is 15.5. The minimum absolute atomic E-state index is 0.0999. The zero-order valence-electron chi connectivity index (χ0n) is 15.8. The lowest BCUT2D eigenvalue weighted by Gasteiger charge is -2.36. The van der Waals surface area contributed by atoms with Gasteiger partial charge < -0.3 is 19.0 Å². The van der Waals surface area contributed by atoms with Crippen LogP contribution in [0.25, 0.3) is 11.6 Å². The smallest absolute Gasteiger partial charge is 0.338 e. The van der Waals surface area contributed by atoms with Gasteiger partial charge in [0.25, 0.3) is 0 Å². The first-order valence-electron chi connectivity index (χ1n) is 9.29. The molecule has 0 saturated carbocycles. The van der Waals surface area contributed by atoms with Crippen LogP contribution in [-0.4, -0.2) is 53.2 Å². The molecule has 2 aromatic heterocycles. The number of anilines is 1. The standard InChI is InChI=1S/C20H20N4O5/c1-2-27-20(26)13-5-7-15(8-6-13)21-17(25)12-24-10-14(11-24)19-22-18(23-29-19)16-4-3-9-28-16/h3-9,14H,2,10-12H2,1H3,(H,21,25). The van der Waals surface area contributed by atoms with Gasteiger partial charge >= 0.3 is 5.97 Å². The number of nitrogens with zero attached hydrogens (tertiary/aromatic N) is 3. The minimum atomic E-state index is -0.381. The molecule has 9 heteroatoms. The number of aromatic nitrogens is 2.